The number of rotatable bonds is 6. The third-order valence-corrected chi connectivity index (χ3v) is 6.48. The number of hydrogen-bond acceptors (Lipinski definition) is 3. The number of aromatic hydroxyl groups is 2. The van der Waals surface area contributed by atoms with Gasteiger partial charge in [-0.2, -0.15) is 0 Å². The fourth-order valence-corrected chi connectivity index (χ4v) is 4.80. The molecule has 2 aliphatic carbocycles. The largest absolute Gasteiger partial charge is 0.508 e. The molecule has 2 saturated carbocycles. The van der Waals surface area contributed by atoms with Crippen molar-refractivity contribution in [1.82, 2.24) is 0 Å². The number of carbonyl (C=O) groups excluding carboxylic acids is 1. The molecule has 174 valence electrons. The van der Waals surface area contributed by atoms with E-state index >= 15 is 0 Å². The third kappa shape index (κ3) is 7.83. The second-order valence-electron chi connectivity index (χ2n) is 8.95. The Labute approximate surface area is 203 Å². The van der Waals surface area contributed by atoms with E-state index in [0.29, 0.717) is 12.3 Å². The number of phenolic OH excluding ortho intramolecular Hbond substituents is 2. The van der Waals surface area contributed by atoms with Crippen LogP contribution in [0.2, 0.25) is 0 Å². The van der Waals surface area contributed by atoms with E-state index < -0.39 is 0 Å². The monoisotopic (exact) mass is 476 g/mol. The second kappa shape index (κ2) is 13.5. The molecule has 4 rings (SSSR count). The molecule has 0 amide bonds. The number of ketones is 1. The molecule has 4 heteroatoms. The Morgan fingerprint density at radius 3 is 1.50 bits per heavy atom. The summed E-state index contributed by atoms with van der Waals surface area (Å²) in [5, 5.41) is 19.4. The van der Waals surface area contributed by atoms with E-state index in [-0.39, 0.29) is 34.4 Å². The predicted molar refractivity (Wildman–Crippen MR) is 127 cm³/mol. The van der Waals surface area contributed by atoms with E-state index in [4.69, 9.17) is 0 Å². The normalized spacial score (nSPS) is 15.4. The Morgan fingerprint density at radius 2 is 1.12 bits per heavy atom. The summed E-state index contributed by atoms with van der Waals surface area (Å²) in [6.45, 7) is 1.65. The van der Waals surface area contributed by atoms with Crippen molar-refractivity contribution in [2.45, 2.75) is 77.6 Å². The summed E-state index contributed by atoms with van der Waals surface area (Å²) < 4.78 is 0. The van der Waals surface area contributed by atoms with E-state index in [1.807, 2.05) is 24.3 Å². The quantitative estimate of drug-likeness (QED) is 0.427. The van der Waals surface area contributed by atoms with Gasteiger partial charge in [0.05, 0.1) is 0 Å². The van der Waals surface area contributed by atoms with Crippen molar-refractivity contribution in [2.75, 3.05) is 0 Å². The number of hydrogen-bond donors (Lipinski definition) is 2. The number of benzene rings is 2. The van der Waals surface area contributed by atoms with Crippen LogP contribution < -0.4 is 0 Å². The first-order valence-corrected chi connectivity index (χ1v) is 11.9. The third-order valence-electron chi connectivity index (χ3n) is 6.48. The smallest absolute Gasteiger partial charge is 0.130 e. The molecule has 2 aromatic carbocycles. The molecule has 0 aliphatic heterocycles. The minimum absolute atomic E-state index is 0. The molecule has 2 aliphatic rings. The van der Waals surface area contributed by atoms with Gasteiger partial charge in [0.15, 0.2) is 0 Å². The molecule has 0 spiro atoms. The number of Topliss-reactive ketones (excluding diaryl/α,β-unsaturated/α-hetero) is 1. The van der Waals surface area contributed by atoms with Gasteiger partial charge in [-0.25, -0.2) is 0 Å². The maximum atomic E-state index is 11.7. The minimum atomic E-state index is 0. The zero-order valence-corrected chi connectivity index (χ0v) is 20.2. The van der Waals surface area contributed by atoms with Gasteiger partial charge < -0.3 is 15.0 Å². The molecule has 2 fully saturated rings. The van der Waals surface area contributed by atoms with Crippen LogP contribution in [0.25, 0.3) is 5.57 Å². The average molecular weight is 476 g/mol. The maximum absolute atomic E-state index is 11.7. The van der Waals surface area contributed by atoms with Gasteiger partial charge in [0.1, 0.15) is 17.3 Å². The molecule has 2 N–H and O–H groups in total. The van der Waals surface area contributed by atoms with Crippen molar-refractivity contribution in [3.05, 3.63) is 65.2 Å². The number of phenols is 2. The molecule has 0 atom stereocenters. The number of allylic oxidation sites excluding steroid dienone is 1. The average Bonchev–Trinajstić information content (AvgIpc) is 3.50. The number of carbonyl (C=O) groups is 1. The zero-order chi connectivity index (χ0) is 22.1. The van der Waals surface area contributed by atoms with Crippen LogP contribution in [0.1, 0.15) is 88.7 Å². The Bertz CT molecular complexity index is 803. The summed E-state index contributed by atoms with van der Waals surface area (Å²) in [6.07, 6.45) is 13.6. The minimum Gasteiger partial charge on any atom is -0.508 e. The molecular weight excluding hydrogens is 440 g/mol. The molecule has 2 aromatic rings. The van der Waals surface area contributed by atoms with Crippen LogP contribution in [-0.2, 0) is 21.9 Å². The van der Waals surface area contributed by atoms with Crippen molar-refractivity contribution in [1.29, 1.82) is 0 Å². The van der Waals surface area contributed by atoms with Crippen LogP contribution in [-0.4, -0.2) is 16.0 Å². The molecule has 32 heavy (non-hydrogen) atoms. The standard InChI is InChI=1S/C23H26O3.C5H10.Fe/c1-16(24)6-15-22(17-4-2-3-5-17)23(18-7-11-20(25)12-8-18)19-9-13-21(26)14-10-19;1-2-4-5-3-1;/h7-14,17,25-26H,2-6,15H2,1H3;1-5H2;. The van der Waals surface area contributed by atoms with E-state index in [2.05, 4.69) is 0 Å². The first kappa shape index (κ1) is 26.2. The molecular formula is C28H36FeO3. The van der Waals surface area contributed by atoms with Gasteiger partial charge in [-0.05, 0) is 73.1 Å². The van der Waals surface area contributed by atoms with Gasteiger partial charge in [0.2, 0.25) is 0 Å². The molecule has 3 nitrogen and oxygen atoms in total. The van der Waals surface area contributed by atoms with Gasteiger partial charge in [-0.3, -0.25) is 0 Å². The van der Waals surface area contributed by atoms with Crippen LogP contribution in [0, 0.1) is 5.92 Å². The van der Waals surface area contributed by atoms with Crippen LogP contribution in [0.4, 0.5) is 0 Å². The molecule has 0 unspecified atom stereocenters. The Balaban J connectivity index is 0.000000534. The predicted octanol–water partition coefficient (Wildman–Crippen LogP) is 7.41. The van der Waals surface area contributed by atoms with Crippen molar-refractivity contribution in [2.24, 2.45) is 5.92 Å². The van der Waals surface area contributed by atoms with Gasteiger partial charge in [-0.15, -0.1) is 0 Å². The molecule has 0 radical (unpaired) electrons. The zero-order valence-electron chi connectivity index (χ0n) is 19.1. The van der Waals surface area contributed by atoms with Gasteiger partial charge >= 0.3 is 0 Å². The molecule has 0 bridgehead atoms. The molecule has 0 saturated heterocycles. The molecule has 0 aromatic heterocycles. The van der Waals surface area contributed by atoms with Crippen LogP contribution in [0.3, 0.4) is 0 Å². The van der Waals surface area contributed by atoms with Crippen molar-refractivity contribution < 1.29 is 32.1 Å². The van der Waals surface area contributed by atoms with E-state index in [9.17, 15) is 15.0 Å². The Hall–Kier alpha value is -2.03. The van der Waals surface area contributed by atoms with Gasteiger partial charge in [0.25, 0.3) is 0 Å². The SMILES string of the molecule is C1CCCC1.CC(=O)CCC(=C(c1ccc(O)cc1)c1ccc(O)cc1)C1CCCC1.[Fe]. The van der Waals surface area contributed by atoms with E-state index in [1.54, 1.807) is 31.2 Å². The fraction of sp³-hybridized carbons (Fsp3) is 0.464. The summed E-state index contributed by atoms with van der Waals surface area (Å²) in [5.41, 5.74) is 4.55. The summed E-state index contributed by atoms with van der Waals surface area (Å²) in [6, 6.07) is 14.5. The summed E-state index contributed by atoms with van der Waals surface area (Å²) in [7, 11) is 0. The molecule has 0 heterocycles. The van der Waals surface area contributed by atoms with Crippen molar-refractivity contribution >= 4 is 11.4 Å². The van der Waals surface area contributed by atoms with Crippen molar-refractivity contribution in [3.8, 4) is 11.5 Å². The topological polar surface area (TPSA) is 57.5 Å². The summed E-state index contributed by atoms with van der Waals surface area (Å²) >= 11 is 0. The van der Waals surface area contributed by atoms with E-state index in [0.717, 1.165) is 36.0 Å². The maximum Gasteiger partial charge on any atom is 0.130 e. The van der Waals surface area contributed by atoms with Crippen LogP contribution in [0.15, 0.2) is 54.1 Å². The van der Waals surface area contributed by atoms with Crippen molar-refractivity contribution in [3.63, 3.8) is 0 Å². The second-order valence-corrected chi connectivity index (χ2v) is 8.95. The Morgan fingerprint density at radius 1 is 0.719 bits per heavy atom. The fourth-order valence-electron chi connectivity index (χ4n) is 4.80. The summed E-state index contributed by atoms with van der Waals surface area (Å²) in [4.78, 5) is 11.7. The van der Waals surface area contributed by atoms with E-state index in [1.165, 1.54) is 50.5 Å². The van der Waals surface area contributed by atoms with Crippen LogP contribution >= 0.6 is 0 Å². The first-order chi connectivity index (χ1) is 15.0. The first-order valence-electron chi connectivity index (χ1n) is 11.9. The van der Waals surface area contributed by atoms with Crippen LogP contribution in [0.5, 0.6) is 11.5 Å². The van der Waals surface area contributed by atoms with Gasteiger partial charge in [-0.1, -0.05) is 74.8 Å². The Kier molecular flexibility index (Phi) is 11.1. The van der Waals surface area contributed by atoms with Gasteiger partial charge in [0, 0.05) is 23.5 Å². The summed E-state index contributed by atoms with van der Waals surface area (Å²) in [5.74, 6) is 1.18.